The van der Waals surface area contributed by atoms with Gasteiger partial charge in [0.1, 0.15) is 0 Å². The van der Waals surface area contributed by atoms with Crippen molar-refractivity contribution in [2.75, 3.05) is 0 Å². The lowest BCUT2D eigenvalue weighted by molar-refractivity contribution is 0.328. The van der Waals surface area contributed by atoms with E-state index in [-0.39, 0.29) is 21.6 Å². The highest BCUT2D eigenvalue weighted by molar-refractivity contribution is 7.96. The number of hydrogen-bond acceptors (Lipinski definition) is 4. The number of allylic oxidation sites excluding steroid dienone is 2. The first-order valence-corrected chi connectivity index (χ1v) is 11.8. The zero-order valence-electron chi connectivity index (χ0n) is 14.1. The Labute approximate surface area is 154 Å². The van der Waals surface area contributed by atoms with E-state index in [1.165, 1.54) is 0 Å². The highest BCUT2D eigenvalue weighted by atomic mass is 32.2. The van der Waals surface area contributed by atoms with Crippen LogP contribution in [0, 0.1) is 11.8 Å². The minimum absolute atomic E-state index is 0.194. The van der Waals surface area contributed by atoms with Gasteiger partial charge in [-0.2, -0.15) is 0 Å². The van der Waals surface area contributed by atoms with Crippen molar-refractivity contribution in [1.82, 2.24) is 0 Å². The van der Waals surface area contributed by atoms with Crippen LogP contribution in [0.15, 0.2) is 82.6 Å². The third kappa shape index (κ3) is 2.72. The number of rotatable bonds is 4. The Morgan fingerprint density at radius 3 is 1.23 bits per heavy atom. The van der Waals surface area contributed by atoms with Gasteiger partial charge in [-0.15, -0.1) is 0 Å². The summed E-state index contributed by atoms with van der Waals surface area (Å²) >= 11 is 0. The van der Waals surface area contributed by atoms with Crippen LogP contribution >= 0.6 is 0 Å². The Morgan fingerprint density at radius 2 is 0.923 bits per heavy atom. The van der Waals surface area contributed by atoms with Gasteiger partial charge in [-0.3, -0.25) is 0 Å². The largest absolute Gasteiger partial charge is 0.223 e. The summed E-state index contributed by atoms with van der Waals surface area (Å²) in [6.07, 6.45) is 5.21. The average molecular weight is 389 g/mol. The van der Waals surface area contributed by atoms with Crippen LogP contribution in [-0.4, -0.2) is 27.3 Å². The molecule has 1 saturated carbocycles. The molecule has 0 heterocycles. The molecule has 0 amide bonds. The summed E-state index contributed by atoms with van der Waals surface area (Å²) in [5, 5.41) is -1.89. The monoisotopic (exact) mass is 388 g/mol. The van der Waals surface area contributed by atoms with E-state index < -0.39 is 30.2 Å². The number of fused-ring (bicyclic) bond motifs is 2. The lowest BCUT2D eigenvalue weighted by Crippen LogP contribution is -2.53. The zero-order chi connectivity index (χ0) is 18.4. The van der Waals surface area contributed by atoms with Crippen LogP contribution in [0.2, 0.25) is 0 Å². The maximum atomic E-state index is 13.4. The van der Waals surface area contributed by atoms with Gasteiger partial charge in [0.05, 0.1) is 20.3 Å². The molecule has 0 unspecified atom stereocenters. The maximum Gasteiger partial charge on any atom is 0.183 e. The Hall–Kier alpha value is -1.92. The molecule has 0 aromatic heterocycles. The molecule has 2 aromatic rings. The molecule has 1 fully saturated rings. The van der Waals surface area contributed by atoms with Gasteiger partial charge in [0, 0.05) is 0 Å². The molecule has 3 aliphatic carbocycles. The van der Waals surface area contributed by atoms with Crippen molar-refractivity contribution in [2.24, 2.45) is 11.8 Å². The Balaban J connectivity index is 1.86. The number of sulfone groups is 2. The van der Waals surface area contributed by atoms with Crippen LogP contribution in [0.25, 0.3) is 0 Å². The molecule has 0 N–H and O–H groups in total. The van der Waals surface area contributed by atoms with E-state index in [4.69, 9.17) is 0 Å². The number of hydrogen-bond donors (Lipinski definition) is 0. The van der Waals surface area contributed by atoms with Crippen LogP contribution < -0.4 is 0 Å². The zero-order valence-corrected chi connectivity index (χ0v) is 15.7. The Kier molecular flexibility index (Phi) is 4.28. The van der Waals surface area contributed by atoms with Crippen molar-refractivity contribution >= 4 is 19.7 Å². The fourth-order valence-electron chi connectivity index (χ4n) is 4.25. The molecule has 0 aliphatic heterocycles. The molecule has 26 heavy (non-hydrogen) atoms. The molecule has 0 spiro atoms. The lowest BCUT2D eigenvalue weighted by Gasteiger charge is -2.43. The molecule has 2 bridgehead atoms. The molecule has 4 atom stereocenters. The van der Waals surface area contributed by atoms with Gasteiger partial charge >= 0.3 is 0 Å². The van der Waals surface area contributed by atoms with Crippen molar-refractivity contribution in [1.29, 1.82) is 0 Å². The SMILES string of the molecule is O=S(=O)(c1ccccc1)[C@H]1[C@H](S(=O)(=O)c2ccccc2)[C@H]2C=C[C@@H]1CC2. The Bertz CT molecular complexity index is 940. The average Bonchev–Trinajstić information content (AvgIpc) is 2.69. The van der Waals surface area contributed by atoms with Crippen molar-refractivity contribution in [3.63, 3.8) is 0 Å². The second kappa shape index (κ2) is 6.35. The smallest absolute Gasteiger partial charge is 0.183 e. The molecular formula is C20H20O4S2. The summed E-state index contributed by atoms with van der Waals surface area (Å²) in [6, 6.07) is 16.4. The minimum atomic E-state index is -3.76. The topological polar surface area (TPSA) is 68.3 Å². The van der Waals surface area contributed by atoms with Gasteiger partial charge in [0.25, 0.3) is 0 Å². The summed E-state index contributed by atoms with van der Waals surface area (Å²) in [6.45, 7) is 0. The van der Waals surface area contributed by atoms with E-state index in [0.717, 1.165) is 0 Å². The summed E-state index contributed by atoms with van der Waals surface area (Å²) in [7, 11) is -7.53. The second-order valence-corrected chi connectivity index (χ2v) is 11.1. The van der Waals surface area contributed by atoms with Gasteiger partial charge in [-0.25, -0.2) is 16.8 Å². The van der Waals surface area contributed by atoms with Gasteiger partial charge < -0.3 is 0 Å². The van der Waals surface area contributed by atoms with E-state index in [1.54, 1.807) is 60.7 Å². The van der Waals surface area contributed by atoms with Crippen molar-refractivity contribution < 1.29 is 16.8 Å². The summed E-state index contributed by atoms with van der Waals surface area (Å²) < 4.78 is 53.5. The van der Waals surface area contributed by atoms with E-state index in [2.05, 4.69) is 0 Å². The van der Waals surface area contributed by atoms with Crippen LogP contribution in [0.5, 0.6) is 0 Å². The first kappa shape index (κ1) is 17.5. The first-order chi connectivity index (χ1) is 12.4. The molecule has 5 rings (SSSR count). The first-order valence-electron chi connectivity index (χ1n) is 8.68. The van der Waals surface area contributed by atoms with Gasteiger partial charge in [-0.05, 0) is 48.9 Å². The fraction of sp³-hybridized carbons (Fsp3) is 0.300. The standard InChI is InChI=1S/C20H20O4S2/c21-25(22,17-7-3-1-4-8-17)19-15-11-13-16(14-12-15)20(19)26(23,24)18-9-5-2-6-10-18/h1-11,13,15-16,19-20H,12,14H2/t15-,16+,19-,20-/m1/s1. The molecule has 3 aliphatic rings. The fourth-order valence-corrected chi connectivity index (χ4v) is 9.31. The predicted octanol–water partition coefficient (Wildman–Crippen LogP) is 3.27. The highest BCUT2D eigenvalue weighted by Gasteiger charge is 2.53. The lowest BCUT2D eigenvalue weighted by atomic mass is 9.75. The van der Waals surface area contributed by atoms with E-state index >= 15 is 0 Å². The van der Waals surface area contributed by atoms with Gasteiger partial charge in [-0.1, -0.05) is 48.6 Å². The van der Waals surface area contributed by atoms with Crippen molar-refractivity contribution in [3.05, 3.63) is 72.8 Å². The van der Waals surface area contributed by atoms with Crippen LogP contribution in [-0.2, 0) is 19.7 Å². The summed E-state index contributed by atoms with van der Waals surface area (Å²) in [5.74, 6) is -0.539. The van der Waals surface area contributed by atoms with Gasteiger partial charge in [0.15, 0.2) is 19.7 Å². The molecular weight excluding hydrogens is 368 g/mol. The molecule has 0 radical (unpaired) electrons. The molecule has 136 valence electrons. The quantitative estimate of drug-likeness (QED) is 0.754. The van der Waals surface area contributed by atoms with Crippen molar-refractivity contribution in [2.45, 2.75) is 33.1 Å². The summed E-state index contributed by atoms with van der Waals surface area (Å²) in [5.41, 5.74) is 0. The summed E-state index contributed by atoms with van der Waals surface area (Å²) in [4.78, 5) is 0.387. The highest BCUT2D eigenvalue weighted by Crippen LogP contribution is 2.46. The molecule has 6 heteroatoms. The Morgan fingerprint density at radius 1 is 0.577 bits per heavy atom. The normalized spacial score (nSPS) is 28.2. The number of benzene rings is 2. The molecule has 4 nitrogen and oxygen atoms in total. The van der Waals surface area contributed by atoms with Gasteiger partial charge in [0.2, 0.25) is 0 Å². The van der Waals surface area contributed by atoms with Crippen LogP contribution in [0.3, 0.4) is 0 Å². The van der Waals surface area contributed by atoms with Crippen LogP contribution in [0.1, 0.15) is 12.8 Å². The third-order valence-electron chi connectivity index (χ3n) is 5.47. The predicted molar refractivity (Wildman–Crippen MR) is 100 cm³/mol. The van der Waals surface area contributed by atoms with Crippen molar-refractivity contribution in [3.8, 4) is 0 Å². The van der Waals surface area contributed by atoms with E-state index in [1.807, 2.05) is 12.2 Å². The van der Waals surface area contributed by atoms with E-state index in [0.29, 0.717) is 12.8 Å². The maximum absolute atomic E-state index is 13.4. The molecule has 2 aromatic carbocycles. The third-order valence-corrected chi connectivity index (χ3v) is 10.2. The second-order valence-electron chi connectivity index (χ2n) is 6.94. The minimum Gasteiger partial charge on any atom is -0.223 e. The molecule has 0 saturated heterocycles. The van der Waals surface area contributed by atoms with E-state index in [9.17, 15) is 16.8 Å². The van der Waals surface area contributed by atoms with Crippen LogP contribution in [0.4, 0.5) is 0 Å².